The number of H-pyrrole nitrogens is 1. The number of hydrogen-bond donors (Lipinski definition) is 1. The molecule has 0 fully saturated rings. The van der Waals surface area contributed by atoms with Gasteiger partial charge < -0.3 is 9.72 Å². The van der Waals surface area contributed by atoms with Crippen molar-refractivity contribution in [1.29, 1.82) is 0 Å². The van der Waals surface area contributed by atoms with Crippen molar-refractivity contribution < 1.29 is 4.74 Å². The first-order chi connectivity index (χ1) is 15.8. The zero-order valence-corrected chi connectivity index (χ0v) is 18.3. The highest BCUT2D eigenvalue weighted by molar-refractivity contribution is 7.26. The number of aromatic amines is 1. The first-order valence-corrected chi connectivity index (χ1v) is 11.5. The van der Waals surface area contributed by atoms with Crippen LogP contribution in [-0.2, 0) is 0 Å². The number of thiophene rings is 1. The fraction of sp³-hybridized carbons (Fsp3) is 0.0345. The molecule has 0 unspecified atom stereocenters. The van der Waals surface area contributed by atoms with Gasteiger partial charge in [-0.15, -0.1) is 11.3 Å². The van der Waals surface area contributed by atoms with Crippen LogP contribution in [0.2, 0.25) is 0 Å². The highest BCUT2D eigenvalue weighted by Gasteiger charge is 2.13. The highest BCUT2D eigenvalue weighted by Crippen LogP contribution is 2.41. The van der Waals surface area contributed by atoms with Gasteiger partial charge in [0, 0.05) is 42.0 Å². The minimum absolute atomic E-state index is 0.876. The lowest BCUT2D eigenvalue weighted by molar-refractivity contribution is 0.415. The number of hydrogen-bond acceptors (Lipinski definition) is 2. The van der Waals surface area contributed by atoms with E-state index in [0.29, 0.717) is 0 Å². The average molecular weight is 430 g/mol. The number of benzene rings is 5. The standard InChI is InChI=1S/C29H19NOS/c1-31-20-10-6-17(7-11-20)19-9-13-26-23(14-19)24-15-25-22-12-8-18-4-2-3-5-21(18)29(22)32-28(25)16-27(24)30-26/h2-16,30H,1H3. The smallest absolute Gasteiger partial charge is 0.118 e. The summed E-state index contributed by atoms with van der Waals surface area (Å²) in [6.07, 6.45) is 0. The van der Waals surface area contributed by atoms with E-state index in [1.54, 1.807) is 7.11 Å². The fourth-order valence-corrected chi connectivity index (χ4v) is 6.12. The van der Waals surface area contributed by atoms with Crippen LogP contribution < -0.4 is 4.74 Å². The summed E-state index contributed by atoms with van der Waals surface area (Å²) >= 11 is 1.89. The van der Waals surface area contributed by atoms with E-state index < -0.39 is 0 Å². The van der Waals surface area contributed by atoms with Crippen molar-refractivity contribution in [3.05, 3.63) is 91.0 Å². The van der Waals surface area contributed by atoms with Gasteiger partial charge in [0.05, 0.1) is 7.11 Å². The maximum atomic E-state index is 5.31. The topological polar surface area (TPSA) is 25.0 Å². The number of fused-ring (bicyclic) bond motifs is 8. The molecule has 0 aliphatic heterocycles. The van der Waals surface area contributed by atoms with Crippen LogP contribution in [0.25, 0.3) is 63.9 Å². The van der Waals surface area contributed by atoms with Gasteiger partial charge in [0.15, 0.2) is 0 Å². The van der Waals surface area contributed by atoms with E-state index in [-0.39, 0.29) is 0 Å². The molecule has 0 spiro atoms. The van der Waals surface area contributed by atoms with Crippen LogP contribution in [0.4, 0.5) is 0 Å². The first-order valence-electron chi connectivity index (χ1n) is 10.7. The summed E-state index contributed by atoms with van der Waals surface area (Å²) in [6.45, 7) is 0. The number of ether oxygens (including phenoxy) is 1. The normalized spacial score (nSPS) is 11.9. The van der Waals surface area contributed by atoms with Gasteiger partial charge in [-0.05, 0) is 58.3 Å². The molecule has 7 rings (SSSR count). The Labute approximate surface area is 188 Å². The zero-order chi connectivity index (χ0) is 21.2. The molecule has 2 nitrogen and oxygen atoms in total. The number of aromatic nitrogens is 1. The van der Waals surface area contributed by atoms with Crippen molar-refractivity contribution in [1.82, 2.24) is 4.98 Å². The third kappa shape index (κ3) is 2.52. The van der Waals surface area contributed by atoms with E-state index in [2.05, 4.69) is 83.8 Å². The van der Waals surface area contributed by atoms with Gasteiger partial charge in [-0.1, -0.05) is 54.6 Å². The van der Waals surface area contributed by atoms with Gasteiger partial charge in [0.1, 0.15) is 5.75 Å². The van der Waals surface area contributed by atoms with Crippen LogP contribution >= 0.6 is 11.3 Å². The van der Waals surface area contributed by atoms with Crippen LogP contribution in [-0.4, -0.2) is 12.1 Å². The molecular formula is C29H19NOS. The number of nitrogens with one attached hydrogen (secondary N) is 1. The summed E-state index contributed by atoms with van der Waals surface area (Å²) in [5.41, 5.74) is 4.76. The summed E-state index contributed by atoms with van der Waals surface area (Å²) in [5.74, 6) is 0.876. The van der Waals surface area contributed by atoms with E-state index >= 15 is 0 Å². The Morgan fingerprint density at radius 3 is 2.31 bits per heavy atom. The van der Waals surface area contributed by atoms with Crippen molar-refractivity contribution in [2.75, 3.05) is 7.11 Å². The van der Waals surface area contributed by atoms with E-state index in [1.807, 2.05) is 23.5 Å². The van der Waals surface area contributed by atoms with Gasteiger partial charge in [-0.2, -0.15) is 0 Å². The van der Waals surface area contributed by atoms with Crippen molar-refractivity contribution in [3.8, 4) is 16.9 Å². The Morgan fingerprint density at radius 2 is 1.44 bits per heavy atom. The zero-order valence-electron chi connectivity index (χ0n) is 17.5. The molecule has 32 heavy (non-hydrogen) atoms. The summed E-state index contributed by atoms with van der Waals surface area (Å²) < 4.78 is 8.01. The molecule has 0 saturated heterocycles. The van der Waals surface area contributed by atoms with Gasteiger partial charge >= 0.3 is 0 Å². The molecule has 0 bridgehead atoms. The quantitative estimate of drug-likeness (QED) is 0.293. The Bertz CT molecular complexity index is 1800. The average Bonchev–Trinajstić information content (AvgIpc) is 3.39. The van der Waals surface area contributed by atoms with Crippen molar-refractivity contribution in [2.24, 2.45) is 0 Å². The molecule has 0 atom stereocenters. The Balaban J connectivity index is 1.49. The third-order valence-electron chi connectivity index (χ3n) is 6.50. The lowest BCUT2D eigenvalue weighted by Gasteiger charge is -2.04. The SMILES string of the molecule is COc1ccc(-c2ccc3[nH]c4cc5sc6c7ccccc7ccc6c5cc4c3c2)cc1. The molecule has 1 N–H and O–H groups in total. The van der Waals surface area contributed by atoms with Gasteiger partial charge in [0.25, 0.3) is 0 Å². The summed E-state index contributed by atoms with van der Waals surface area (Å²) in [5, 5.41) is 7.84. The molecule has 0 radical (unpaired) electrons. The van der Waals surface area contributed by atoms with Crippen LogP contribution in [0.5, 0.6) is 5.75 Å². The largest absolute Gasteiger partial charge is 0.497 e. The van der Waals surface area contributed by atoms with E-state index in [9.17, 15) is 0 Å². The van der Waals surface area contributed by atoms with Crippen molar-refractivity contribution >= 4 is 64.1 Å². The van der Waals surface area contributed by atoms with Crippen molar-refractivity contribution in [2.45, 2.75) is 0 Å². The second-order valence-corrected chi connectivity index (χ2v) is 9.33. The Morgan fingerprint density at radius 1 is 0.625 bits per heavy atom. The predicted molar refractivity (Wildman–Crippen MR) is 138 cm³/mol. The summed E-state index contributed by atoms with van der Waals surface area (Å²) in [4.78, 5) is 3.64. The molecule has 0 amide bonds. The fourth-order valence-electron chi connectivity index (χ4n) is 4.86. The predicted octanol–water partition coefficient (Wildman–Crippen LogP) is 8.52. The molecule has 5 aromatic carbocycles. The molecule has 0 aliphatic carbocycles. The first kappa shape index (κ1) is 17.8. The molecule has 7 aromatic rings. The lowest BCUT2D eigenvalue weighted by Crippen LogP contribution is -1.82. The van der Waals surface area contributed by atoms with Gasteiger partial charge in [0.2, 0.25) is 0 Å². The minimum atomic E-state index is 0.876. The van der Waals surface area contributed by atoms with Crippen LogP contribution in [0.3, 0.4) is 0 Å². The van der Waals surface area contributed by atoms with E-state index in [1.165, 1.54) is 63.9 Å². The highest BCUT2D eigenvalue weighted by atomic mass is 32.1. The maximum Gasteiger partial charge on any atom is 0.118 e. The van der Waals surface area contributed by atoms with Crippen LogP contribution in [0, 0.1) is 0 Å². The second-order valence-electron chi connectivity index (χ2n) is 8.27. The molecule has 3 heteroatoms. The maximum absolute atomic E-state index is 5.31. The van der Waals surface area contributed by atoms with Crippen molar-refractivity contribution in [3.63, 3.8) is 0 Å². The monoisotopic (exact) mass is 429 g/mol. The Hall–Kier alpha value is -3.82. The minimum Gasteiger partial charge on any atom is -0.497 e. The van der Waals surface area contributed by atoms with Crippen LogP contribution in [0.15, 0.2) is 91.0 Å². The van der Waals surface area contributed by atoms with Gasteiger partial charge in [-0.25, -0.2) is 0 Å². The molecule has 152 valence electrons. The summed E-state index contributed by atoms with van der Waals surface area (Å²) in [7, 11) is 1.70. The van der Waals surface area contributed by atoms with Gasteiger partial charge in [-0.3, -0.25) is 0 Å². The summed E-state index contributed by atoms with van der Waals surface area (Å²) in [6, 6.07) is 32.8. The second kappa shape index (κ2) is 6.59. The van der Waals surface area contributed by atoms with E-state index in [4.69, 9.17) is 4.74 Å². The molecule has 0 saturated carbocycles. The Kier molecular flexibility index (Phi) is 3.67. The molecular weight excluding hydrogens is 410 g/mol. The lowest BCUT2D eigenvalue weighted by atomic mass is 10.0. The molecule has 2 heterocycles. The molecule has 2 aromatic heterocycles. The number of methoxy groups -OCH3 is 1. The van der Waals surface area contributed by atoms with E-state index in [0.717, 1.165) is 5.75 Å². The molecule has 0 aliphatic rings. The third-order valence-corrected chi connectivity index (χ3v) is 7.71. The number of rotatable bonds is 2. The van der Waals surface area contributed by atoms with Crippen LogP contribution in [0.1, 0.15) is 0 Å².